The van der Waals surface area contributed by atoms with E-state index >= 15 is 0 Å². The number of amides is 1. The predicted octanol–water partition coefficient (Wildman–Crippen LogP) is 2.38. The summed E-state index contributed by atoms with van der Waals surface area (Å²) in [6.07, 6.45) is 4.18. The maximum atomic E-state index is 11.9. The maximum Gasteiger partial charge on any atom is 0.339 e. The molecule has 1 saturated heterocycles. The Morgan fingerprint density at radius 3 is 2.81 bits per heavy atom. The van der Waals surface area contributed by atoms with Crippen LogP contribution in [-0.4, -0.2) is 34.8 Å². The summed E-state index contributed by atoms with van der Waals surface area (Å²) < 4.78 is 5.55. The van der Waals surface area contributed by atoms with Crippen LogP contribution < -0.4 is 5.32 Å². The highest BCUT2D eigenvalue weighted by molar-refractivity contribution is 5.97. The second-order valence-corrected chi connectivity index (χ2v) is 5.08. The Morgan fingerprint density at radius 2 is 2.14 bits per heavy atom. The summed E-state index contributed by atoms with van der Waals surface area (Å²) in [5, 5.41) is 21.3. The Hall–Kier alpha value is -2.08. The lowest BCUT2D eigenvalue weighted by atomic mass is 10.0. The highest BCUT2D eigenvalue weighted by Gasteiger charge is 2.17. The second kappa shape index (κ2) is 7.08. The number of carboxylic acid groups (broad SMARTS) is 1. The van der Waals surface area contributed by atoms with Crippen molar-refractivity contribution < 1.29 is 24.5 Å². The van der Waals surface area contributed by atoms with Gasteiger partial charge in [-0.05, 0) is 37.8 Å². The van der Waals surface area contributed by atoms with Gasteiger partial charge in [0, 0.05) is 13.0 Å². The molecule has 6 heteroatoms. The molecule has 1 aliphatic rings. The van der Waals surface area contributed by atoms with Crippen LogP contribution in [0.25, 0.3) is 0 Å². The van der Waals surface area contributed by atoms with Gasteiger partial charge in [0.2, 0.25) is 5.91 Å². The normalized spacial score (nSPS) is 18.2. The number of carbonyl (C=O) groups is 2. The van der Waals surface area contributed by atoms with Crippen LogP contribution in [0.15, 0.2) is 18.2 Å². The fourth-order valence-electron chi connectivity index (χ4n) is 2.36. The molecule has 0 saturated carbocycles. The third-order valence-corrected chi connectivity index (χ3v) is 3.51. The van der Waals surface area contributed by atoms with Crippen LogP contribution in [0.3, 0.4) is 0 Å². The van der Waals surface area contributed by atoms with E-state index in [1.807, 2.05) is 0 Å². The molecule has 1 heterocycles. The van der Waals surface area contributed by atoms with E-state index in [1.165, 1.54) is 18.2 Å². The molecule has 1 amide bonds. The molecular weight excluding hydrogens is 274 g/mol. The Kier molecular flexibility index (Phi) is 5.16. The first-order chi connectivity index (χ1) is 10.1. The van der Waals surface area contributed by atoms with Crippen molar-refractivity contribution in [2.24, 2.45) is 0 Å². The lowest BCUT2D eigenvalue weighted by molar-refractivity contribution is -0.117. The van der Waals surface area contributed by atoms with Crippen molar-refractivity contribution in [3.05, 3.63) is 23.8 Å². The Bertz CT molecular complexity index is 523. The third-order valence-electron chi connectivity index (χ3n) is 3.51. The zero-order valence-electron chi connectivity index (χ0n) is 11.7. The summed E-state index contributed by atoms with van der Waals surface area (Å²) in [6.45, 7) is 0.744. The number of hydrogen-bond acceptors (Lipinski definition) is 4. The van der Waals surface area contributed by atoms with E-state index in [9.17, 15) is 14.7 Å². The molecule has 1 aromatic carbocycles. The molecule has 0 aliphatic carbocycles. The Labute approximate surface area is 122 Å². The monoisotopic (exact) mass is 293 g/mol. The average molecular weight is 293 g/mol. The van der Waals surface area contributed by atoms with E-state index in [1.54, 1.807) is 0 Å². The van der Waals surface area contributed by atoms with Crippen LogP contribution in [0.5, 0.6) is 5.75 Å². The van der Waals surface area contributed by atoms with Gasteiger partial charge in [0.15, 0.2) is 5.75 Å². The minimum absolute atomic E-state index is 0.114. The molecule has 21 heavy (non-hydrogen) atoms. The van der Waals surface area contributed by atoms with E-state index in [2.05, 4.69) is 5.32 Å². The minimum atomic E-state index is -1.24. The molecule has 0 bridgehead atoms. The van der Waals surface area contributed by atoms with E-state index < -0.39 is 11.7 Å². The highest BCUT2D eigenvalue weighted by Crippen LogP contribution is 2.27. The summed E-state index contributed by atoms with van der Waals surface area (Å²) >= 11 is 0. The van der Waals surface area contributed by atoms with Gasteiger partial charge in [-0.25, -0.2) is 4.79 Å². The van der Waals surface area contributed by atoms with Gasteiger partial charge >= 0.3 is 5.97 Å². The van der Waals surface area contributed by atoms with E-state index in [4.69, 9.17) is 9.84 Å². The van der Waals surface area contributed by atoms with Gasteiger partial charge in [0.25, 0.3) is 0 Å². The van der Waals surface area contributed by atoms with Crippen LogP contribution >= 0.6 is 0 Å². The zero-order chi connectivity index (χ0) is 15.2. The van der Waals surface area contributed by atoms with E-state index in [-0.39, 0.29) is 29.7 Å². The molecule has 1 atom stereocenters. The molecule has 0 aromatic heterocycles. The fourth-order valence-corrected chi connectivity index (χ4v) is 2.36. The number of carboxylic acids is 1. The van der Waals surface area contributed by atoms with Crippen LogP contribution in [0.1, 0.15) is 42.5 Å². The molecule has 1 aliphatic heterocycles. The van der Waals surface area contributed by atoms with Crippen LogP contribution in [0.4, 0.5) is 5.69 Å². The topological polar surface area (TPSA) is 95.9 Å². The molecule has 0 radical (unpaired) electrons. The molecule has 6 nitrogen and oxygen atoms in total. The number of rotatable bonds is 5. The summed E-state index contributed by atoms with van der Waals surface area (Å²) in [5.74, 6) is -1.92. The molecule has 1 aromatic rings. The van der Waals surface area contributed by atoms with Crippen molar-refractivity contribution in [3.8, 4) is 5.75 Å². The largest absolute Gasteiger partial charge is 0.505 e. The van der Waals surface area contributed by atoms with Gasteiger partial charge in [-0.2, -0.15) is 0 Å². The van der Waals surface area contributed by atoms with E-state index in [0.29, 0.717) is 6.42 Å². The number of hydrogen-bond donors (Lipinski definition) is 3. The Morgan fingerprint density at radius 1 is 1.33 bits per heavy atom. The first kappa shape index (κ1) is 15.3. The fraction of sp³-hybridized carbons (Fsp3) is 0.467. The molecule has 1 fully saturated rings. The number of ether oxygens (including phenoxy) is 1. The van der Waals surface area contributed by atoms with Crippen molar-refractivity contribution in [3.63, 3.8) is 0 Å². The van der Waals surface area contributed by atoms with Crippen LogP contribution in [0, 0.1) is 0 Å². The van der Waals surface area contributed by atoms with Gasteiger partial charge < -0.3 is 20.3 Å². The number of benzene rings is 1. The number of aromatic hydroxyl groups is 1. The lowest BCUT2D eigenvalue weighted by Gasteiger charge is -2.22. The first-order valence-corrected chi connectivity index (χ1v) is 7.04. The molecule has 2 rings (SSSR count). The molecule has 1 unspecified atom stereocenters. The van der Waals surface area contributed by atoms with Gasteiger partial charge in [-0.15, -0.1) is 0 Å². The molecule has 114 valence electrons. The van der Waals surface area contributed by atoms with Crippen molar-refractivity contribution in [1.29, 1.82) is 0 Å². The summed E-state index contributed by atoms with van der Waals surface area (Å²) in [5.41, 5.74) is -0.118. The van der Waals surface area contributed by atoms with Crippen molar-refractivity contribution in [2.45, 2.75) is 38.2 Å². The lowest BCUT2D eigenvalue weighted by Crippen LogP contribution is -2.21. The van der Waals surface area contributed by atoms with Gasteiger partial charge in [0.1, 0.15) is 5.56 Å². The standard InChI is InChI=1S/C15H19NO5/c17-13(8-7-10-4-1-2-9-21-10)16-12-6-3-5-11(14(12)18)15(19)20/h3,5-6,10,18H,1-2,4,7-9H2,(H,16,17)(H,19,20). The number of aromatic carboxylic acids is 1. The quantitative estimate of drug-likeness (QED) is 0.724. The minimum Gasteiger partial charge on any atom is -0.505 e. The molecule has 3 N–H and O–H groups in total. The number of phenols is 1. The van der Waals surface area contributed by atoms with Crippen molar-refractivity contribution >= 4 is 17.6 Å². The van der Waals surface area contributed by atoms with Gasteiger partial charge in [0.05, 0.1) is 11.8 Å². The second-order valence-electron chi connectivity index (χ2n) is 5.08. The zero-order valence-corrected chi connectivity index (χ0v) is 11.7. The van der Waals surface area contributed by atoms with Crippen molar-refractivity contribution in [1.82, 2.24) is 0 Å². The smallest absolute Gasteiger partial charge is 0.339 e. The summed E-state index contributed by atoms with van der Waals surface area (Å²) in [4.78, 5) is 22.8. The number of nitrogens with one attached hydrogen (secondary N) is 1. The molecular formula is C15H19NO5. The number of anilines is 1. The van der Waals surface area contributed by atoms with E-state index in [0.717, 1.165) is 25.9 Å². The van der Waals surface area contributed by atoms with Crippen LogP contribution in [0.2, 0.25) is 0 Å². The molecule has 0 spiro atoms. The predicted molar refractivity (Wildman–Crippen MR) is 76.5 cm³/mol. The maximum absolute atomic E-state index is 11.9. The SMILES string of the molecule is O=C(CCC1CCCCO1)Nc1cccc(C(=O)O)c1O. The van der Waals surface area contributed by atoms with Crippen LogP contribution in [-0.2, 0) is 9.53 Å². The first-order valence-electron chi connectivity index (χ1n) is 7.04. The summed E-state index contributed by atoms with van der Waals surface area (Å²) in [7, 11) is 0. The number of para-hydroxylation sites is 1. The van der Waals surface area contributed by atoms with Gasteiger partial charge in [-0.1, -0.05) is 6.07 Å². The Balaban J connectivity index is 1.90. The van der Waals surface area contributed by atoms with Crippen molar-refractivity contribution in [2.75, 3.05) is 11.9 Å². The van der Waals surface area contributed by atoms with Gasteiger partial charge in [-0.3, -0.25) is 4.79 Å². The average Bonchev–Trinajstić information content (AvgIpc) is 2.48. The highest BCUT2D eigenvalue weighted by atomic mass is 16.5. The summed E-state index contributed by atoms with van der Waals surface area (Å²) in [6, 6.07) is 4.23. The third kappa shape index (κ3) is 4.19. The number of carbonyl (C=O) groups excluding carboxylic acids is 1.